The van der Waals surface area contributed by atoms with Gasteiger partial charge in [0.25, 0.3) is 0 Å². The minimum absolute atomic E-state index is 0.0927. The van der Waals surface area contributed by atoms with Crippen LogP contribution >= 0.6 is 0 Å². The zero-order valence-electron chi connectivity index (χ0n) is 15.0. The summed E-state index contributed by atoms with van der Waals surface area (Å²) >= 11 is 0. The van der Waals surface area contributed by atoms with Gasteiger partial charge in [-0.2, -0.15) is 0 Å². The van der Waals surface area contributed by atoms with E-state index in [-0.39, 0.29) is 6.10 Å². The van der Waals surface area contributed by atoms with Crippen LogP contribution in [0.15, 0.2) is 18.2 Å². The molecule has 1 aliphatic rings. The Morgan fingerprint density at radius 3 is 2.48 bits per heavy atom. The van der Waals surface area contributed by atoms with Gasteiger partial charge in [-0.3, -0.25) is 4.90 Å². The van der Waals surface area contributed by atoms with Gasteiger partial charge in [-0.15, -0.1) is 0 Å². The fraction of sp³-hybridized carbons (Fsp3) is 0.684. The molecule has 23 heavy (non-hydrogen) atoms. The monoisotopic (exact) mass is 320 g/mol. The summed E-state index contributed by atoms with van der Waals surface area (Å²) in [6.07, 6.45) is 4.18. The quantitative estimate of drug-likeness (QED) is 0.784. The molecule has 4 nitrogen and oxygen atoms in total. The van der Waals surface area contributed by atoms with Gasteiger partial charge in [-0.05, 0) is 64.7 Å². The van der Waals surface area contributed by atoms with Crippen molar-refractivity contribution in [3.05, 3.63) is 23.8 Å². The van der Waals surface area contributed by atoms with E-state index in [1.807, 2.05) is 32.0 Å². The highest BCUT2D eigenvalue weighted by Crippen LogP contribution is 2.29. The third kappa shape index (κ3) is 4.85. The van der Waals surface area contributed by atoms with Crippen molar-refractivity contribution in [3.63, 3.8) is 0 Å². The number of aliphatic hydroxyl groups excluding tert-OH is 1. The molecule has 0 bridgehead atoms. The molecule has 0 aromatic heterocycles. The Hall–Kier alpha value is -1.26. The molecular formula is C19H32N2O2. The first kappa shape index (κ1) is 18.1. The molecule has 3 unspecified atom stereocenters. The van der Waals surface area contributed by atoms with E-state index in [4.69, 9.17) is 10.5 Å². The van der Waals surface area contributed by atoms with Gasteiger partial charge < -0.3 is 15.6 Å². The smallest absolute Gasteiger partial charge is 0.142 e. The molecule has 0 saturated carbocycles. The highest BCUT2D eigenvalue weighted by Gasteiger charge is 2.25. The lowest BCUT2D eigenvalue weighted by atomic mass is 9.96. The average molecular weight is 320 g/mol. The number of nitrogens with two attached hydrogens (primary N) is 1. The maximum atomic E-state index is 10.5. The first-order valence-corrected chi connectivity index (χ1v) is 8.88. The molecule has 1 aromatic rings. The van der Waals surface area contributed by atoms with Crippen LogP contribution in [0.4, 0.5) is 5.69 Å². The third-order valence-electron chi connectivity index (χ3n) is 4.82. The molecule has 1 heterocycles. The first-order valence-electron chi connectivity index (χ1n) is 8.88. The summed E-state index contributed by atoms with van der Waals surface area (Å²) in [6.45, 7) is 9.45. The number of nitrogens with zero attached hydrogens (tertiary/aromatic N) is 1. The van der Waals surface area contributed by atoms with Crippen LogP contribution in [0.25, 0.3) is 0 Å². The Bertz CT molecular complexity index is 494. The van der Waals surface area contributed by atoms with E-state index in [0.717, 1.165) is 18.5 Å². The SMILES string of the molecule is CC(C)Oc1ccc(C(O)CCN2C(C)CCCC2C)cc1N. The molecule has 0 radical (unpaired) electrons. The lowest BCUT2D eigenvalue weighted by Crippen LogP contribution is -2.44. The van der Waals surface area contributed by atoms with Crippen molar-refractivity contribution in [2.45, 2.75) is 77.7 Å². The lowest BCUT2D eigenvalue weighted by Gasteiger charge is -2.39. The Labute approximate surface area is 140 Å². The standard InChI is InChI=1S/C19H32N2O2/c1-13(2)23-19-9-8-16(12-17(19)20)18(22)10-11-21-14(3)6-5-7-15(21)4/h8-9,12-15,18,22H,5-7,10-11,20H2,1-4H3. The number of rotatable bonds is 6. The fourth-order valence-electron chi connectivity index (χ4n) is 3.49. The summed E-state index contributed by atoms with van der Waals surface area (Å²) in [5, 5.41) is 10.5. The molecule has 0 amide bonds. The summed E-state index contributed by atoms with van der Waals surface area (Å²) < 4.78 is 5.65. The second-order valence-corrected chi connectivity index (χ2v) is 7.14. The van der Waals surface area contributed by atoms with Gasteiger partial charge in [0.05, 0.1) is 17.9 Å². The predicted molar refractivity (Wildman–Crippen MR) is 95.7 cm³/mol. The molecular weight excluding hydrogens is 288 g/mol. The molecule has 1 fully saturated rings. The number of nitrogen functional groups attached to an aromatic ring is 1. The summed E-state index contributed by atoms with van der Waals surface area (Å²) in [6, 6.07) is 6.84. The van der Waals surface area contributed by atoms with Crippen LogP contribution in [0.3, 0.4) is 0 Å². The van der Waals surface area contributed by atoms with E-state index < -0.39 is 6.10 Å². The molecule has 0 spiro atoms. The number of hydrogen-bond acceptors (Lipinski definition) is 4. The van der Waals surface area contributed by atoms with E-state index in [1.165, 1.54) is 19.3 Å². The van der Waals surface area contributed by atoms with Crippen LogP contribution in [-0.2, 0) is 0 Å². The van der Waals surface area contributed by atoms with E-state index in [1.54, 1.807) is 0 Å². The zero-order chi connectivity index (χ0) is 17.0. The van der Waals surface area contributed by atoms with Gasteiger partial charge >= 0.3 is 0 Å². The highest BCUT2D eigenvalue weighted by molar-refractivity contribution is 5.54. The van der Waals surface area contributed by atoms with Crippen LogP contribution in [0.5, 0.6) is 5.75 Å². The van der Waals surface area contributed by atoms with Gasteiger partial charge in [-0.25, -0.2) is 0 Å². The van der Waals surface area contributed by atoms with Crippen molar-refractivity contribution in [1.82, 2.24) is 4.90 Å². The fourth-order valence-corrected chi connectivity index (χ4v) is 3.49. The van der Waals surface area contributed by atoms with Crippen LogP contribution in [0, 0.1) is 0 Å². The Balaban J connectivity index is 1.95. The van der Waals surface area contributed by atoms with Gasteiger partial charge in [0.2, 0.25) is 0 Å². The average Bonchev–Trinajstić information content (AvgIpc) is 2.48. The predicted octanol–water partition coefficient (Wildman–Crippen LogP) is 3.74. The second kappa shape index (κ2) is 8.02. The van der Waals surface area contributed by atoms with E-state index in [9.17, 15) is 5.11 Å². The van der Waals surface area contributed by atoms with Crippen LogP contribution in [0.2, 0.25) is 0 Å². The molecule has 130 valence electrons. The van der Waals surface area contributed by atoms with E-state index in [0.29, 0.717) is 23.5 Å². The number of aliphatic hydroxyl groups is 1. The van der Waals surface area contributed by atoms with Crippen LogP contribution in [0.1, 0.15) is 65.0 Å². The minimum atomic E-state index is -0.480. The van der Waals surface area contributed by atoms with Gasteiger partial charge in [0.1, 0.15) is 5.75 Å². The summed E-state index contributed by atoms with van der Waals surface area (Å²) in [4.78, 5) is 2.52. The molecule has 2 rings (SSSR count). The van der Waals surface area contributed by atoms with Crippen molar-refractivity contribution in [2.75, 3.05) is 12.3 Å². The van der Waals surface area contributed by atoms with Crippen molar-refractivity contribution in [2.24, 2.45) is 0 Å². The van der Waals surface area contributed by atoms with Crippen molar-refractivity contribution >= 4 is 5.69 Å². The van der Waals surface area contributed by atoms with Gasteiger partial charge in [0.15, 0.2) is 0 Å². The highest BCUT2D eigenvalue weighted by atomic mass is 16.5. The molecule has 1 aromatic carbocycles. The number of hydrogen-bond donors (Lipinski definition) is 2. The molecule has 3 atom stereocenters. The van der Waals surface area contributed by atoms with Crippen LogP contribution in [-0.4, -0.2) is 34.7 Å². The second-order valence-electron chi connectivity index (χ2n) is 7.14. The van der Waals surface area contributed by atoms with E-state index in [2.05, 4.69) is 18.7 Å². The largest absolute Gasteiger partial charge is 0.489 e. The summed E-state index contributed by atoms with van der Waals surface area (Å²) in [7, 11) is 0. The molecule has 0 aliphatic carbocycles. The number of benzene rings is 1. The molecule has 1 aliphatic heterocycles. The maximum absolute atomic E-state index is 10.5. The van der Waals surface area contributed by atoms with Gasteiger partial charge in [0, 0.05) is 18.6 Å². The summed E-state index contributed by atoms with van der Waals surface area (Å²) in [5.41, 5.74) is 7.51. The Kier molecular flexibility index (Phi) is 6.31. The summed E-state index contributed by atoms with van der Waals surface area (Å²) in [5.74, 6) is 0.689. The van der Waals surface area contributed by atoms with Crippen LogP contribution < -0.4 is 10.5 Å². The Morgan fingerprint density at radius 1 is 1.26 bits per heavy atom. The minimum Gasteiger partial charge on any atom is -0.489 e. The topological polar surface area (TPSA) is 58.7 Å². The third-order valence-corrected chi connectivity index (χ3v) is 4.82. The number of anilines is 1. The Morgan fingerprint density at radius 2 is 1.91 bits per heavy atom. The number of likely N-dealkylation sites (tertiary alicyclic amines) is 1. The van der Waals surface area contributed by atoms with Crippen molar-refractivity contribution in [3.8, 4) is 5.75 Å². The van der Waals surface area contributed by atoms with E-state index >= 15 is 0 Å². The first-order chi connectivity index (χ1) is 10.9. The molecule has 4 heteroatoms. The lowest BCUT2D eigenvalue weighted by molar-refractivity contribution is 0.0748. The zero-order valence-corrected chi connectivity index (χ0v) is 15.0. The van der Waals surface area contributed by atoms with Crippen molar-refractivity contribution in [1.29, 1.82) is 0 Å². The normalized spacial score (nSPS) is 23.9. The van der Waals surface area contributed by atoms with Gasteiger partial charge in [-0.1, -0.05) is 12.5 Å². The van der Waals surface area contributed by atoms with Crippen molar-refractivity contribution < 1.29 is 9.84 Å². The molecule has 1 saturated heterocycles. The number of piperidine rings is 1. The number of ether oxygens (including phenoxy) is 1. The molecule has 3 N–H and O–H groups in total. The maximum Gasteiger partial charge on any atom is 0.142 e.